The zero-order valence-electron chi connectivity index (χ0n) is 11.7. The van der Waals surface area contributed by atoms with Crippen LogP contribution in [0.2, 0.25) is 5.02 Å². The molecule has 0 saturated carbocycles. The van der Waals surface area contributed by atoms with Crippen LogP contribution in [0.1, 0.15) is 27.8 Å². The number of benzene rings is 1. The summed E-state index contributed by atoms with van der Waals surface area (Å²) < 4.78 is 1.62. The fourth-order valence-corrected chi connectivity index (χ4v) is 2.63. The van der Waals surface area contributed by atoms with Gasteiger partial charge in [0.05, 0.1) is 11.3 Å². The Morgan fingerprint density at radius 1 is 1.09 bits per heavy atom. The lowest BCUT2D eigenvalue weighted by Gasteiger charge is -2.04. The third-order valence-corrected chi connectivity index (χ3v) is 3.76. The molecule has 0 aliphatic carbocycles. The van der Waals surface area contributed by atoms with Gasteiger partial charge in [-0.1, -0.05) is 23.7 Å². The molecule has 1 aromatic carbocycles. The Morgan fingerprint density at radius 2 is 1.77 bits per heavy atom. The van der Waals surface area contributed by atoms with Gasteiger partial charge in [0.25, 0.3) is 0 Å². The van der Waals surface area contributed by atoms with Gasteiger partial charge in [-0.25, -0.2) is 4.79 Å². The smallest absolute Gasteiger partial charge is 0.337 e. The number of ketones is 1. The lowest BCUT2D eigenvalue weighted by atomic mass is 10.0. The molecule has 0 aliphatic heterocycles. The summed E-state index contributed by atoms with van der Waals surface area (Å²) >= 11 is 5.90. The van der Waals surface area contributed by atoms with Crippen LogP contribution in [0.5, 0.6) is 0 Å². The number of aromatic nitrogens is 1. The summed E-state index contributed by atoms with van der Waals surface area (Å²) in [6.45, 7) is 1.47. The van der Waals surface area contributed by atoms with Gasteiger partial charge in [0, 0.05) is 29.2 Å². The first-order valence-electron chi connectivity index (χ1n) is 6.62. The summed E-state index contributed by atoms with van der Waals surface area (Å²) in [4.78, 5) is 23.2. The van der Waals surface area contributed by atoms with Gasteiger partial charge < -0.3 is 9.51 Å². The van der Waals surface area contributed by atoms with E-state index < -0.39 is 5.97 Å². The molecular formula is C17H12ClNO3. The van der Waals surface area contributed by atoms with Crippen LogP contribution in [0.4, 0.5) is 0 Å². The average Bonchev–Trinajstić information content (AvgIpc) is 2.86. The lowest BCUT2D eigenvalue weighted by molar-refractivity contribution is 0.0696. The number of Topliss-reactive ketones (excluding diaryl/α,β-unsaturated/α-hetero) is 1. The molecule has 1 N–H and O–H groups in total. The number of carbonyl (C=O) groups is 2. The van der Waals surface area contributed by atoms with E-state index in [9.17, 15) is 9.59 Å². The molecule has 2 heterocycles. The first kappa shape index (κ1) is 14.4. The van der Waals surface area contributed by atoms with Crippen LogP contribution in [0.25, 0.3) is 16.6 Å². The van der Waals surface area contributed by atoms with E-state index in [1.165, 1.54) is 19.2 Å². The average molecular weight is 314 g/mol. The van der Waals surface area contributed by atoms with Crippen molar-refractivity contribution in [1.29, 1.82) is 0 Å². The fraction of sp³-hybridized carbons (Fsp3) is 0.0588. The molecule has 3 rings (SSSR count). The number of hydrogen-bond acceptors (Lipinski definition) is 2. The highest BCUT2D eigenvalue weighted by atomic mass is 35.5. The number of pyridine rings is 1. The van der Waals surface area contributed by atoms with Crippen LogP contribution in [0, 0.1) is 0 Å². The van der Waals surface area contributed by atoms with Gasteiger partial charge >= 0.3 is 5.97 Å². The number of nitrogens with zero attached hydrogens (tertiary/aromatic N) is 1. The maximum absolute atomic E-state index is 12.1. The van der Waals surface area contributed by atoms with E-state index in [4.69, 9.17) is 16.7 Å². The number of carboxylic acids is 1. The zero-order valence-corrected chi connectivity index (χ0v) is 12.5. The first-order chi connectivity index (χ1) is 10.5. The van der Waals surface area contributed by atoms with Crippen LogP contribution in [0.3, 0.4) is 0 Å². The second kappa shape index (κ2) is 5.31. The number of hydrogen-bond donors (Lipinski definition) is 1. The van der Waals surface area contributed by atoms with E-state index >= 15 is 0 Å². The molecule has 0 fully saturated rings. The van der Waals surface area contributed by atoms with Gasteiger partial charge in [0.2, 0.25) is 0 Å². The first-order valence-corrected chi connectivity index (χ1v) is 7.00. The minimum atomic E-state index is -1.03. The SMILES string of the molecule is CC(=O)c1c(-c2ccc(Cl)cc2)cc2ccc(C(=O)O)cn12. The van der Waals surface area contributed by atoms with Crippen LogP contribution < -0.4 is 0 Å². The standard InChI is InChI=1S/C17H12ClNO3/c1-10(20)16-15(11-2-5-13(18)6-3-11)8-14-7-4-12(17(21)22)9-19(14)16/h2-9H,1H3,(H,21,22). The highest BCUT2D eigenvalue weighted by Gasteiger charge is 2.17. The normalized spacial score (nSPS) is 10.8. The lowest BCUT2D eigenvalue weighted by Crippen LogP contribution is -2.04. The Hall–Kier alpha value is -2.59. The summed E-state index contributed by atoms with van der Waals surface area (Å²) in [7, 11) is 0. The molecule has 0 unspecified atom stereocenters. The van der Waals surface area contributed by atoms with Gasteiger partial charge in [-0.05, 0) is 35.9 Å². The molecule has 0 aliphatic rings. The van der Waals surface area contributed by atoms with E-state index in [1.54, 1.807) is 22.6 Å². The van der Waals surface area contributed by atoms with Crippen LogP contribution in [-0.2, 0) is 0 Å². The van der Waals surface area contributed by atoms with E-state index in [1.807, 2.05) is 18.2 Å². The van der Waals surface area contributed by atoms with Crippen molar-refractivity contribution in [3.05, 3.63) is 64.9 Å². The Labute approximate surface area is 131 Å². The minimum Gasteiger partial charge on any atom is -0.478 e. The Kier molecular flexibility index (Phi) is 3.47. The summed E-state index contributed by atoms with van der Waals surface area (Å²) in [5, 5.41) is 9.73. The van der Waals surface area contributed by atoms with E-state index in [0.717, 1.165) is 16.6 Å². The van der Waals surface area contributed by atoms with Gasteiger partial charge in [-0.3, -0.25) is 4.79 Å². The molecule has 0 amide bonds. The molecule has 0 spiro atoms. The van der Waals surface area contributed by atoms with Crippen molar-refractivity contribution < 1.29 is 14.7 Å². The number of halogens is 1. The summed E-state index contributed by atoms with van der Waals surface area (Å²) in [6.07, 6.45) is 1.47. The van der Waals surface area contributed by atoms with E-state index in [-0.39, 0.29) is 11.3 Å². The molecule has 5 heteroatoms. The Bertz CT molecular complexity index is 894. The number of carbonyl (C=O) groups excluding carboxylic acids is 1. The van der Waals surface area contributed by atoms with Crippen molar-refractivity contribution in [1.82, 2.24) is 4.40 Å². The van der Waals surface area contributed by atoms with Crippen molar-refractivity contribution in [2.45, 2.75) is 6.92 Å². The zero-order chi connectivity index (χ0) is 15.9. The Morgan fingerprint density at radius 3 is 2.36 bits per heavy atom. The highest BCUT2D eigenvalue weighted by molar-refractivity contribution is 6.30. The second-order valence-corrected chi connectivity index (χ2v) is 5.42. The van der Waals surface area contributed by atoms with Crippen molar-refractivity contribution in [3.8, 4) is 11.1 Å². The number of carboxylic acid groups (broad SMARTS) is 1. The van der Waals surface area contributed by atoms with E-state index in [0.29, 0.717) is 10.7 Å². The number of aromatic carboxylic acids is 1. The van der Waals surface area contributed by atoms with Crippen molar-refractivity contribution in [3.63, 3.8) is 0 Å². The third-order valence-electron chi connectivity index (χ3n) is 3.50. The third kappa shape index (κ3) is 2.38. The second-order valence-electron chi connectivity index (χ2n) is 4.99. The molecular weight excluding hydrogens is 302 g/mol. The van der Waals surface area contributed by atoms with Crippen molar-refractivity contribution in [2.24, 2.45) is 0 Å². The molecule has 110 valence electrons. The van der Waals surface area contributed by atoms with Crippen LogP contribution in [-0.4, -0.2) is 21.3 Å². The van der Waals surface area contributed by atoms with Gasteiger partial charge in [0.15, 0.2) is 5.78 Å². The summed E-state index contributed by atoms with van der Waals surface area (Å²) in [5.41, 5.74) is 2.97. The van der Waals surface area contributed by atoms with Crippen molar-refractivity contribution in [2.75, 3.05) is 0 Å². The maximum atomic E-state index is 12.1. The van der Waals surface area contributed by atoms with Gasteiger partial charge in [-0.2, -0.15) is 0 Å². The Balaban J connectivity index is 2.30. The molecule has 0 saturated heterocycles. The molecule has 0 radical (unpaired) electrons. The summed E-state index contributed by atoms with van der Waals surface area (Å²) in [5.74, 6) is -1.16. The minimum absolute atomic E-state index is 0.132. The predicted molar refractivity (Wildman–Crippen MR) is 84.8 cm³/mol. The predicted octanol–water partition coefficient (Wildman–Crippen LogP) is 4.16. The van der Waals surface area contributed by atoms with Crippen LogP contribution in [0.15, 0.2) is 48.7 Å². The number of fused-ring (bicyclic) bond motifs is 1. The molecule has 4 nitrogen and oxygen atoms in total. The number of rotatable bonds is 3. The molecule has 0 bridgehead atoms. The van der Waals surface area contributed by atoms with Gasteiger partial charge in [0.1, 0.15) is 0 Å². The molecule has 22 heavy (non-hydrogen) atoms. The summed E-state index contributed by atoms with van der Waals surface area (Å²) in [6, 6.07) is 12.3. The van der Waals surface area contributed by atoms with Gasteiger partial charge in [-0.15, -0.1) is 0 Å². The van der Waals surface area contributed by atoms with Crippen LogP contribution >= 0.6 is 11.6 Å². The molecule has 2 aromatic heterocycles. The topological polar surface area (TPSA) is 58.8 Å². The maximum Gasteiger partial charge on any atom is 0.337 e. The van der Waals surface area contributed by atoms with E-state index in [2.05, 4.69) is 0 Å². The van der Waals surface area contributed by atoms with Crippen molar-refractivity contribution >= 4 is 28.9 Å². The largest absolute Gasteiger partial charge is 0.478 e. The highest BCUT2D eigenvalue weighted by Crippen LogP contribution is 2.29. The molecule has 0 atom stereocenters. The monoisotopic (exact) mass is 313 g/mol. The molecule has 3 aromatic rings. The quantitative estimate of drug-likeness (QED) is 0.739. The fourth-order valence-electron chi connectivity index (χ4n) is 2.50.